The van der Waals surface area contributed by atoms with Gasteiger partial charge in [0, 0.05) is 6.07 Å². The second-order valence-corrected chi connectivity index (χ2v) is 9.24. The number of nitriles is 1. The van der Waals surface area contributed by atoms with Gasteiger partial charge in [0.25, 0.3) is 0 Å². The summed E-state index contributed by atoms with van der Waals surface area (Å²) in [6.07, 6.45) is 3.05. The maximum Gasteiger partial charge on any atom is 0.728 e. The molecule has 1 aromatic heterocycles. The maximum absolute atomic E-state index is 13.6. The van der Waals surface area contributed by atoms with Crippen LogP contribution in [0.2, 0.25) is 5.02 Å². The molecule has 36 heavy (non-hydrogen) atoms. The van der Waals surface area contributed by atoms with Crippen LogP contribution in [-0.2, 0) is 4.57 Å². The van der Waals surface area contributed by atoms with Crippen molar-refractivity contribution >= 4 is 19.3 Å². The van der Waals surface area contributed by atoms with Crippen LogP contribution in [0, 0.1) is 11.3 Å². The molecule has 0 aliphatic carbocycles. The number of methoxy groups -OCH3 is 2. The van der Waals surface area contributed by atoms with Gasteiger partial charge >= 0.3 is 7.75 Å². The van der Waals surface area contributed by atoms with Gasteiger partial charge in [-0.1, -0.05) is 34.1 Å². The number of pyridine rings is 1. The lowest BCUT2D eigenvalue weighted by molar-refractivity contribution is -0.536. The molecular weight excluding hydrogens is 503 g/mol. The molecule has 4 aromatic rings. The summed E-state index contributed by atoms with van der Waals surface area (Å²) in [7, 11) is -0.709. The molecule has 0 radical (unpaired) electrons. The first-order chi connectivity index (χ1) is 17.3. The lowest BCUT2D eigenvalue weighted by atomic mass is 10.2. The molecule has 4 rings (SSSR count). The Morgan fingerprint density at radius 3 is 1.78 bits per heavy atom. The van der Waals surface area contributed by atoms with E-state index in [1.165, 1.54) is 22.7 Å². The zero-order valence-electron chi connectivity index (χ0n) is 19.4. The first-order valence-electron chi connectivity index (χ1n) is 10.5. The molecule has 0 fully saturated rings. The Morgan fingerprint density at radius 1 is 0.833 bits per heavy atom. The third-order valence-electron chi connectivity index (χ3n) is 4.56. The second-order valence-electron chi connectivity index (χ2n) is 7.04. The minimum absolute atomic E-state index is 0.117. The van der Waals surface area contributed by atoms with Crippen molar-refractivity contribution in [2.24, 2.45) is 0 Å². The Kier molecular flexibility index (Phi) is 9.18. The van der Waals surface area contributed by atoms with E-state index in [1.807, 2.05) is 6.07 Å². The van der Waals surface area contributed by atoms with E-state index in [-0.39, 0.29) is 5.75 Å². The fraction of sp³-hybridized carbons (Fsp3) is 0.0769. The highest BCUT2D eigenvalue weighted by Gasteiger charge is 2.42. The topological polar surface area (TPSA) is 105 Å². The van der Waals surface area contributed by atoms with E-state index < -0.39 is 7.75 Å². The van der Waals surface area contributed by atoms with Crippen LogP contribution in [0.1, 0.15) is 5.56 Å². The number of ether oxygens (including phenoxy) is 2. The van der Waals surface area contributed by atoms with Crippen LogP contribution in [0.15, 0.2) is 97.3 Å². The average molecular weight is 525 g/mol. The van der Waals surface area contributed by atoms with Gasteiger partial charge in [-0.3, -0.25) is 0 Å². The van der Waals surface area contributed by atoms with Crippen LogP contribution in [0.25, 0.3) is 0 Å². The van der Waals surface area contributed by atoms with Crippen molar-refractivity contribution in [2.45, 2.75) is 0 Å². The number of aromatic nitrogens is 1. The molecule has 0 unspecified atom stereocenters. The summed E-state index contributed by atoms with van der Waals surface area (Å²) < 4.78 is 36.7. The van der Waals surface area contributed by atoms with Crippen LogP contribution in [0.3, 0.4) is 0 Å². The lowest BCUT2D eigenvalue weighted by Crippen LogP contribution is -2.35. The molecule has 1 heterocycles. The summed E-state index contributed by atoms with van der Waals surface area (Å²) in [6, 6.07) is 24.5. The van der Waals surface area contributed by atoms with Gasteiger partial charge in [0.05, 0.1) is 25.9 Å². The van der Waals surface area contributed by atoms with Crippen molar-refractivity contribution in [3.8, 4) is 34.8 Å². The van der Waals surface area contributed by atoms with E-state index >= 15 is 0 Å². The fourth-order valence-electron chi connectivity index (χ4n) is 2.81. The Balaban J connectivity index is 0.000000338. The summed E-state index contributed by atoms with van der Waals surface area (Å²) in [4.78, 5) is 0. The largest absolute Gasteiger partial charge is 0.872 e. The van der Waals surface area contributed by atoms with E-state index in [1.54, 1.807) is 93.2 Å². The number of benzene rings is 3. The van der Waals surface area contributed by atoms with Crippen molar-refractivity contribution < 1.29 is 32.5 Å². The molecule has 184 valence electrons. The number of hydrogen-bond acceptors (Lipinski definition) is 7. The highest BCUT2D eigenvalue weighted by molar-refractivity contribution is 7.47. The minimum Gasteiger partial charge on any atom is -0.872 e. The standard InChI is InChI=1S/C19H18ClNO5P.C7H5NO/c1-23-16-5-9-18(10-6-16)25-27(22,21-13-3-4-15(20)14-21)26-19-11-7-17(24-2)8-12-19;8-5-6-2-1-3-7(9)4-6/h3-14H,1-2H3;1-4,9H/q+1;/p-1. The minimum atomic E-state index is -3.84. The molecule has 0 saturated heterocycles. The molecule has 0 aliphatic heterocycles. The lowest BCUT2D eigenvalue weighted by Gasteiger charge is -2.14. The second kappa shape index (κ2) is 12.5. The van der Waals surface area contributed by atoms with E-state index in [9.17, 15) is 9.67 Å². The molecule has 3 aromatic carbocycles. The monoisotopic (exact) mass is 524 g/mol. The van der Waals surface area contributed by atoms with Crippen LogP contribution in [0.5, 0.6) is 28.7 Å². The van der Waals surface area contributed by atoms with Crippen molar-refractivity contribution in [1.29, 1.82) is 5.26 Å². The van der Waals surface area contributed by atoms with Gasteiger partial charge in [0.2, 0.25) is 0 Å². The molecule has 0 aliphatic rings. The van der Waals surface area contributed by atoms with E-state index in [4.69, 9.17) is 35.4 Å². The summed E-state index contributed by atoms with van der Waals surface area (Å²) in [5, 5.41) is 19.2. The summed E-state index contributed by atoms with van der Waals surface area (Å²) in [5.74, 6) is 1.92. The Bertz CT molecular complexity index is 1320. The predicted octanol–water partition coefficient (Wildman–Crippen LogP) is 5.39. The molecule has 0 saturated carbocycles. The van der Waals surface area contributed by atoms with E-state index in [2.05, 4.69) is 0 Å². The number of hydrogen-bond donors (Lipinski definition) is 0. The summed E-state index contributed by atoms with van der Waals surface area (Å²) >= 11 is 6.05. The van der Waals surface area contributed by atoms with Gasteiger partial charge in [-0.25, -0.2) is 0 Å². The summed E-state index contributed by atoms with van der Waals surface area (Å²) in [5.41, 5.74) is 0.419. The zero-order valence-corrected chi connectivity index (χ0v) is 21.1. The van der Waals surface area contributed by atoms with Crippen molar-refractivity contribution in [1.82, 2.24) is 0 Å². The van der Waals surface area contributed by atoms with Gasteiger partial charge in [0.1, 0.15) is 28.0 Å². The Morgan fingerprint density at radius 2 is 1.36 bits per heavy atom. The highest BCUT2D eigenvalue weighted by Crippen LogP contribution is 2.44. The third kappa shape index (κ3) is 7.41. The van der Waals surface area contributed by atoms with Crippen LogP contribution in [0.4, 0.5) is 0 Å². The molecule has 0 bridgehead atoms. The Hall–Kier alpha value is -4.18. The molecule has 10 heteroatoms. The van der Waals surface area contributed by atoms with Crippen molar-refractivity contribution in [3.05, 3.63) is 108 Å². The normalized spacial score (nSPS) is 10.3. The number of halogens is 1. The molecule has 0 N–H and O–H groups in total. The smallest absolute Gasteiger partial charge is 0.728 e. The number of nitrogens with zero attached hydrogens (tertiary/aromatic N) is 2. The highest BCUT2D eigenvalue weighted by atomic mass is 35.5. The third-order valence-corrected chi connectivity index (χ3v) is 6.48. The molecule has 0 atom stereocenters. The van der Waals surface area contributed by atoms with Gasteiger partial charge in [-0.15, -0.1) is 5.75 Å². The van der Waals surface area contributed by atoms with Gasteiger partial charge < -0.3 is 23.6 Å². The average Bonchev–Trinajstić information content (AvgIpc) is 2.90. The molecule has 8 nitrogen and oxygen atoms in total. The van der Waals surface area contributed by atoms with E-state index in [0.717, 1.165) is 0 Å². The van der Waals surface area contributed by atoms with Crippen LogP contribution in [-0.4, -0.2) is 14.2 Å². The van der Waals surface area contributed by atoms with E-state index in [0.29, 0.717) is 33.6 Å². The predicted molar refractivity (Wildman–Crippen MR) is 132 cm³/mol. The fourth-order valence-corrected chi connectivity index (χ4v) is 4.56. The first-order valence-corrected chi connectivity index (χ1v) is 12.3. The molecule has 0 amide bonds. The molecule has 0 spiro atoms. The van der Waals surface area contributed by atoms with Crippen LogP contribution >= 0.6 is 19.3 Å². The quantitative estimate of drug-likeness (QED) is 0.298. The number of rotatable bonds is 7. The van der Waals surface area contributed by atoms with Crippen molar-refractivity contribution in [3.63, 3.8) is 0 Å². The Labute approximate surface area is 214 Å². The zero-order chi connectivity index (χ0) is 26.0. The maximum atomic E-state index is 13.6. The summed E-state index contributed by atoms with van der Waals surface area (Å²) in [6.45, 7) is 0. The van der Waals surface area contributed by atoms with Gasteiger partial charge in [0.15, 0.2) is 12.4 Å². The van der Waals surface area contributed by atoms with Gasteiger partial charge in [-0.05, 0) is 60.7 Å². The SMILES string of the molecule is COc1ccc(OP(=O)(Oc2ccc(OC)cc2)[n+]2cccc(Cl)c2)cc1.N#Cc1cccc([O-])c1. The first kappa shape index (κ1) is 26.4. The molecular formula is C26H22ClN2O6P. The van der Waals surface area contributed by atoms with Gasteiger partial charge in [-0.2, -0.15) is 9.83 Å². The van der Waals surface area contributed by atoms with Crippen molar-refractivity contribution in [2.75, 3.05) is 14.2 Å². The van der Waals surface area contributed by atoms with Crippen LogP contribution < -0.4 is 28.0 Å².